The molecule has 0 radical (unpaired) electrons. The number of furan rings is 1. The molecular formula is C16H17O7-. The lowest BCUT2D eigenvalue weighted by atomic mass is 10.2. The molecule has 0 saturated heterocycles. The van der Waals surface area contributed by atoms with E-state index in [0.717, 1.165) is 0 Å². The van der Waals surface area contributed by atoms with Gasteiger partial charge in [0.15, 0.2) is 0 Å². The SMILES string of the molecule is C=Cc1cc(C(=O)OCCCOC(=O)C(C)=CC(=O)[O-])c(C)o1. The van der Waals surface area contributed by atoms with Gasteiger partial charge >= 0.3 is 11.9 Å². The molecule has 0 aromatic carbocycles. The van der Waals surface area contributed by atoms with Crippen LogP contribution in [0.3, 0.4) is 0 Å². The second-order valence-corrected chi connectivity index (χ2v) is 4.59. The molecule has 0 unspecified atom stereocenters. The first-order chi connectivity index (χ1) is 10.8. The Morgan fingerprint density at radius 2 is 1.96 bits per heavy atom. The molecule has 0 N–H and O–H groups in total. The molecule has 1 aromatic rings. The average Bonchev–Trinajstić information content (AvgIpc) is 2.87. The summed E-state index contributed by atoms with van der Waals surface area (Å²) in [6.45, 7) is 6.52. The van der Waals surface area contributed by atoms with Gasteiger partial charge in [-0.2, -0.15) is 0 Å². The Morgan fingerprint density at radius 1 is 1.30 bits per heavy atom. The molecule has 1 rings (SSSR count). The Kier molecular flexibility index (Phi) is 6.79. The molecule has 0 aliphatic heterocycles. The van der Waals surface area contributed by atoms with Crippen molar-refractivity contribution in [3.8, 4) is 0 Å². The summed E-state index contributed by atoms with van der Waals surface area (Å²) in [6, 6.07) is 1.53. The lowest BCUT2D eigenvalue weighted by molar-refractivity contribution is -0.297. The first kappa shape index (κ1) is 18.2. The summed E-state index contributed by atoms with van der Waals surface area (Å²) in [7, 11) is 0. The maximum Gasteiger partial charge on any atom is 0.341 e. The van der Waals surface area contributed by atoms with Crippen molar-refractivity contribution in [1.29, 1.82) is 0 Å². The quantitative estimate of drug-likeness (QED) is 0.400. The highest BCUT2D eigenvalue weighted by Crippen LogP contribution is 2.16. The molecule has 0 amide bonds. The number of carboxylic acid groups (broad SMARTS) is 1. The van der Waals surface area contributed by atoms with Crippen LogP contribution in [0, 0.1) is 6.92 Å². The fraction of sp³-hybridized carbons (Fsp3) is 0.312. The number of rotatable bonds is 8. The van der Waals surface area contributed by atoms with E-state index in [2.05, 4.69) is 6.58 Å². The average molecular weight is 321 g/mol. The first-order valence-corrected chi connectivity index (χ1v) is 6.81. The highest BCUT2D eigenvalue weighted by Gasteiger charge is 2.15. The van der Waals surface area contributed by atoms with Crippen LogP contribution in [0.4, 0.5) is 0 Å². The molecule has 23 heavy (non-hydrogen) atoms. The minimum atomic E-state index is -1.47. The normalized spacial score (nSPS) is 11.0. The number of esters is 2. The maximum atomic E-state index is 11.8. The molecule has 0 spiro atoms. The molecule has 1 heterocycles. The van der Waals surface area contributed by atoms with Gasteiger partial charge in [0, 0.05) is 12.0 Å². The smallest absolute Gasteiger partial charge is 0.341 e. The van der Waals surface area contributed by atoms with Crippen LogP contribution < -0.4 is 5.11 Å². The van der Waals surface area contributed by atoms with Crippen LogP contribution in [0.2, 0.25) is 0 Å². The number of aryl methyl sites for hydroxylation is 1. The van der Waals surface area contributed by atoms with Crippen LogP contribution in [-0.2, 0) is 19.1 Å². The van der Waals surface area contributed by atoms with Crippen LogP contribution in [0.5, 0.6) is 0 Å². The van der Waals surface area contributed by atoms with Crippen molar-refractivity contribution in [2.45, 2.75) is 20.3 Å². The van der Waals surface area contributed by atoms with Gasteiger partial charge in [-0.1, -0.05) is 6.58 Å². The van der Waals surface area contributed by atoms with Gasteiger partial charge in [-0.25, -0.2) is 9.59 Å². The Balaban J connectivity index is 2.33. The van der Waals surface area contributed by atoms with Crippen LogP contribution in [0.15, 0.2) is 28.7 Å². The van der Waals surface area contributed by atoms with Crippen molar-refractivity contribution < 1.29 is 33.4 Å². The molecule has 0 saturated carbocycles. The summed E-state index contributed by atoms with van der Waals surface area (Å²) in [5, 5.41) is 10.3. The lowest BCUT2D eigenvalue weighted by Crippen LogP contribution is -2.21. The number of aliphatic carboxylic acids is 1. The van der Waals surface area contributed by atoms with E-state index in [9.17, 15) is 19.5 Å². The Morgan fingerprint density at radius 3 is 2.52 bits per heavy atom. The van der Waals surface area contributed by atoms with Crippen molar-refractivity contribution >= 4 is 24.0 Å². The third-order valence-corrected chi connectivity index (χ3v) is 2.77. The summed E-state index contributed by atoms with van der Waals surface area (Å²) in [4.78, 5) is 33.5. The van der Waals surface area contributed by atoms with E-state index in [-0.39, 0.29) is 25.2 Å². The molecule has 124 valence electrons. The second kappa shape index (κ2) is 8.57. The van der Waals surface area contributed by atoms with Crippen molar-refractivity contribution in [1.82, 2.24) is 0 Å². The van der Waals surface area contributed by atoms with Gasteiger partial charge in [-0.05, 0) is 32.1 Å². The molecule has 7 nitrogen and oxygen atoms in total. The lowest BCUT2D eigenvalue weighted by Gasteiger charge is -2.06. The van der Waals surface area contributed by atoms with Gasteiger partial charge in [0.05, 0.1) is 19.2 Å². The van der Waals surface area contributed by atoms with Gasteiger partial charge in [0.1, 0.15) is 17.1 Å². The van der Waals surface area contributed by atoms with Gasteiger partial charge < -0.3 is 23.8 Å². The number of hydrogen-bond donors (Lipinski definition) is 0. The van der Waals surface area contributed by atoms with E-state index in [1.165, 1.54) is 19.1 Å². The number of hydrogen-bond acceptors (Lipinski definition) is 7. The zero-order valence-electron chi connectivity index (χ0n) is 12.9. The van der Waals surface area contributed by atoms with E-state index < -0.39 is 17.9 Å². The largest absolute Gasteiger partial charge is 0.545 e. The third-order valence-electron chi connectivity index (χ3n) is 2.77. The molecular weight excluding hydrogens is 304 g/mol. The van der Waals surface area contributed by atoms with Gasteiger partial charge in [-0.3, -0.25) is 0 Å². The Hall–Kier alpha value is -2.83. The van der Waals surface area contributed by atoms with Crippen molar-refractivity contribution in [2.24, 2.45) is 0 Å². The highest BCUT2D eigenvalue weighted by atomic mass is 16.5. The summed E-state index contributed by atoms with van der Waals surface area (Å²) in [5.74, 6) is -1.87. The predicted octanol–water partition coefficient (Wildman–Crippen LogP) is 1.02. The van der Waals surface area contributed by atoms with Crippen molar-refractivity contribution in [3.05, 3.63) is 41.4 Å². The van der Waals surface area contributed by atoms with Crippen LogP contribution in [0.25, 0.3) is 6.08 Å². The Bertz CT molecular complexity index is 637. The van der Waals surface area contributed by atoms with Gasteiger partial charge in [0.2, 0.25) is 0 Å². The summed E-state index contributed by atoms with van der Waals surface area (Å²) in [5.41, 5.74) is 0.234. The summed E-state index contributed by atoms with van der Waals surface area (Å²) < 4.78 is 15.1. The van der Waals surface area contributed by atoms with Crippen molar-refractivity contribution in [3.63, 3.8) is 0 Å². The molecule has 7 heteroatoms. The van der Waals surface area contributed by atoms with E-state index in [4.69, 9.17) is 13.9 Å². The monoisotopic (exact) mass is 321 g/mol. The van der Waals surface area contributed by atoms with Crippen LogP contribution in [-0.4, -0.2) is 31.1 Å². The van der Waals surface area contributed by atoms with E-state index in [0.29, 0.717) is 23.2 Å². The highest BCUT2D eigenvalue weighted by molar-refractivity contribution is 5.94. The van der Waals surface area contributed by atoms with Gasteiger partial charge in [-0.15, -0.1) is 0 Å². The maximum absolute atomic E-state index is 11.8. The zero-order chi connectivity index (χ0) is 17.4. The van der Waals surface area contributed by atoms with Crippen LogP contribution >= 0.6 is 0 Å². The fourth-order valence-electron chi connectivity index (χ4n) is 1.62. The van der Waals surface area contributed by atoms with E-state index in [1.54, 1.807) is 6.92 Å². The number of carbonyl (C=O) groups is 3. The number of carbonyl (C=O) groups excluding carboxylic acids is 3. The summed E-state index contributed by atoms with van der Waals surface area (Å²) >= 11 is 0. The molecule has 0 aliphatic carbocycles. The van der Waals surface area contributed by atoms with Crippen LogP contribution in [0.1, 0.15) is 35.2 Å². The predicted molar refractivity (Wildman–Crippen MR) is 78.2 cm³/mol. The number of carboxylic acids is 1. The van der Waals surface area contributed by atoms with E-state index >= 15 is 0 Å². The molecule has 0 bridgehead atoms. The number of ether oxygens (including phenoxy) is 2. The standard InChI is InChI=1S/C16H18O7/c1-4-12-9-13(11(3)23-12)16(20)22-7-5-6-21-15(19)10(2)8-14(17)18/h4,8-9H,1,5-7H2,2-3H3,(H,17,18)/p-1. The third kappa shape index (κ3) is 5.82. The first-order valence-electron chi connectivity index (χ1n) is 6.81. The molecule has 0 fully saturated rings. The molecule has 0 aliphatic rings. The minimum Gasteiger partial charge on any atom is -0.545 e. The zero-order valence-corrected chi connectivity index (χ0v) is 12.9. The molecule has 0 atom stereocenters. The fourth-order valence-corrected chi connectivity index (χ4v) is 1.62. The second-order valence-electron chi connectivity index (χ2n) is 4.59. The minimum absolute atomic E-state index is 0.00732. The Labute approximate surface area is 133 Å². The van der Waals surface area contributed by atoms with E-state index in [1.807, 2.05) is 0 Å². The topological polar surface area (TPSA) is 106 Å². The summed E-state index contributed by atoms with van der Waals surface area (Å²) in [6.07, 6.45) is 2.41. The van der Waals surface area contributed by atoms with Gasteiger partial charge in [0.25, 0.3) is 0 Å². The van der Waals surface area contributed by atoms with Crippen molar-refractivity contribution in [2.75, 3.05) is 13.2 Å². The molecule has 1 aromatic heterocycles.